The molecule has 0 atom stereocenters. The maximum Gasteiger partial charge on any atom is 0.327 e. The Morgan fingerprint density at radius 2 is 2.06 bits per heavy atom. The molecule has 0 spiro atoms. The first-order chi connectivity index (χ1) is 8.08. The van der Waals surface area contributed by atoms with E-state index >= 15 is 0 Å². The van der Waals surface area contributed by atoms with Crippen LogP contribution in [0, 0.1) is 0 Å². The molecule has 90 valence electrons. The fraction of sp³-hybridized carbons (Fsp3) is 0.0909. The van der Waals surface area contributed by atoms with E-state index in [1.54, 1.807) is 18.2 Å². The lowest BCUT2D eigenvalue weighted by Gasteiger charge is -2.07. The van der Waals surface area contributed by atoms with E-state index in [0.29, 0.717) is 6.54 Å². The number of allylic oxidation sites excluding steroid dienone is 2. The topological polar surface area (TPSA) is 104 Å². The Labute approximate surface area is 97.6 Å². The third-order valence-corrected chi connectivity index (χ3v) is 2.04. The van der Waals surface area contributed by atoms with Gasteiger partial charge in [-0.3, -0.25) is 14.8 Å². The van der Waals surface area contributed by atoms with E-state index in [9.17, 15) is 9.59 Å². The predicted octanol–water partition coefficient (Wildman–Crippen LogP) is 0.356. The smallest absolute Gasteiger partial charge is 0.327 e. The first kappa shape index (κ1) is 12.6. The Morgan fingerprint density at radius 3 is 2.59 bits per heavy atom. The minimum absolute atomic E-state index is 0.000709. The summed E-state index contributed by atoms with van der Waals surface area (Å²) < 4.78 is 0. The van der Waals surface area contributed by atoms with Crippen molar-refractivity contribution in [3.8, 4) is 0 Å². The standard InChI is InChI=1S/C11H14N4O2/c1-3-5-7(4-2)6-13-8-9(12)14-11(17)15-10(8)16/h3-5,13H,1-2,6H2,(H4,12,14,15,16,17)/b7-5+. The zero-order valence-corrected chi connectivity index (χ0v) is 9.25. The van der Waals surface area contributed by atoms with E-state index in [0.717, 1.165) is 5.57 Å². The Balaban J connectivity index is 2.94. The van der Waals surface area contributed by atoms with Crippen molar-refractivity contribution in [3.63, 3.8) is 0 Å². The number of aromatic amines is 2. The van der Waals surface area contributed by atoms with E-state index < -0.39 is 11.2 Å². The summed E-state index contributed by atoms with van der Waals surface area (Å²) in [7, 11) is 0. The van der Waals surface area contributed by atoms with Crippen molar-refractivity contribution in [2.24, 2.45) is 0 Å². The molecule has 0 aliphatic rings. The number of aromatic nitrogens is 2. The highest BCUT2D eigenvalue weighted by molar-refractivity contribution is 5.60. The minimum atomic E-state index is -0.636. The van der Waals surface area contributed by atoms with Crippen LogP contribution < -0.4 is 22.3 Å². The molecular formula is C11H14N4O2. The van der Waals surface area contributed by atoms with Gasteiger partial charge in [-0.1, -0.05) is 31.4 Å². The molecule has 0 saturated heterocycles. The average Bonchev–Trinajstić information content (AvgIpc) is 2.26. The fourth-order valence-electron chi connectivity index (χ4n) is 1.22. The molecular weight excluding hydrogens is 220 g/mol. The molecule has 0 aromatic carbocycles. The number of hydrogen-bond donors (Lipinski definition) is 4. The second-order valence-corrected chi connectivity index (χ2v) is 3.23. The predicted molar refractivity (Wildman–Crippen MR) is 69.1 cm³/mol. The second-order valence-electron chi connectivity index (χ2n) is 3.23. The van der Waals surface area contributed by atoms with Crippen molar-refractivity contribution in [1.29, 1.82) is 0 Å². The molecule has 1 aromatic rings. The molecule has 0 radical (unpaired) electrons. The Kier molecular flexibility index (Phi) is 4.10. The van der Waals surface area contributed by atoms with Crippen LogP contribution in [-0.4, -0.2) is 16.5 Å². The summed E-state index contributed by atoms with van der Waals surface area (Å²) >= 11 is 0. The molecule has 17 heavy (non-hydrogen) atoms. The second kappa shape index (κ2) is 5.55. The number of H-pyrrole nitrogens is 2. The van der Waals surface area contributed by atoms with Gasteiger partial charge in [0.05, 0.1) is 0 Å². The summed E-state index contributed by atoms with van der Waals surface area (Å²) in [4.78, 5) is 26.7. The summed E-state index contributed by atoms with van der Waals surface area (Å²) in [5.41, 5.74) is 5.29. The Morgan fingerprint density at radius 1 is 1.35 bits per heavy atom. The normalized spacial score (nSPS) is 10.9. The van der Waals surface area contributed by atoms with Gasteiger partial charge in [0.1, 0.15) is 11.5 Å². The highest BCUT2D eigenvalue weighted by atomic mass is 16.2. The van der Waals surface area contributed by atoms with E-state index in [1.807, 2.05) is 0 Å². The molecule has 0 fully saturated rings. The van der Waals surface area contributed by atoms with Gasteiger partial charge in [0.15, 0.2) is 0 Å². The van der Waals surface area contributed by atoms with Gasteiger partial charge in [-0.25, -0.2) is 4.79 Å². The highest BCUT2D eigenvalue weighted by Crippen LogP contribution is 2.07. The van der Waals surface area contributed by atoms with E-state index in [2.05, 4.69) is 28.4 Å². The summed E-state index contributed by atoms with van der Waals surface area (Å²) in [5.74, 6) is 0.000709. The molecule has 0 saturated carbocycles. The van der Waals surface area contributed by atoms with Crippen molar-refractivity contribution in [3.05, 3.63) is 57.8 Å². The number of nitrogens with two attached hydrogens (primary N) is 1. The van der Waals surface area contributed by atoms with Crippen molar-refractivity contribution in [2.75, 3.05) is 17.6 Å². The maximum atomic E-state index is 11.4. The van der Waals surface area contributed by atoms with Gasteiger partial charge in [0.2, 0.25) is 0 Å². The first-order valence-corrected chi connectivity index (χ1v) is 4.88. The van der Waals surface area contributed by atoms with Gasteiger partial charge in [0, 0.05) is 6.54 Å². The zero-order chi connectivity index (χ0) is 12.8. The molecule has 0 aliphatic carbocycles. The monoisotopic (exact) mass is 234 g/mol. The highest BCUT2D eigenvalue weighted by Gasteiger charge is 2.05. The third-order valence-electron chi connectivity index (χ3n) is 2.04. The van der Waals surface area contributed by atoms with Crippen LogP contribution in [-0.2, 0) is 0 Å². The van der Waals surface area contributed by atoms with E-state index in [1.165, 1.54) is 0 Å². The van der Waals surface area contributed by atoms with Gasteiger partial charge in [-0.15, -0.1) is 0 Å². The fourth-order valence-corrected chi connectivity index (χ4v) is 1.22. The van der Waals surface area contributed by atoms with E-state index in [-0.39, 0.29) is 11.5 Å². The van der Waals surface area contributed by atoms with Gasteiger partial charge < -0.3 is 11.1 Å². The van der Waals surface area contributed by atoms with Crippen LogP contribution in [0.1, 0.15) is 0 Å². The molecule has 6 nitrogen and oxygen atoms in total. The lowest BCUT2D eigenvalue weighted by molar-refractivity contribution is 1.04. The van der Waals surface area contributed by atoms with Crippen LogP contribution in [0.25, 0.3) is 0 Å². The number of nitrogens with one attached hydrogen (secondary N) is 3. The van der Waals surface area contributed by atoms with Crippen LogP contribution in [0.3, 0.4) is 0 Å². The van der Waals surface area contributed by atoms with Crippen LogP contribution in [0.4, 0.5) is 11.5 Å². The Bertz CT molecular complexity index is 566. The molecule has 6 heteroatoms. The van der Waals surface area contributed by atoms with E-state index in [4.69, 9.17) is 5.73 Å². The number of hydrogen-bond acceptors (Lipinski definition) is 4. The van der Waals surface area contributed by atoms with Crippen LogP contribution in [0.15, 0.2) is 46.5 Å². The van der Waals surface area contributed by atoms with Crippen molar-refractivity contribution in [1.82, 2.24) is 9.97 Å². The average molecular weight is 234 g/mol. The summed E-state index contributed by atoms with van der Waals surface area (Å²) in [5, 5.41) is 2.82. The molecule has 0 aliphatic heterocycles. The maximum absolute atomic E-state index is 11.4. The van der Waals surface area contributed by atoms with Gasteiger partial charge >= 0.3 is 5.69 Å². The number of anilines is 2. The third kappa shape index (κ3) is 3.23. The van der Waals surface area contributed by atoms with Crippen molar-refractivity contribution in [2.45, 2.75) is 0 Å². The molecule has 0 bridgehead atoms. The van der Waals surface area contributed by atoms with Crippen LogP contribution in [0.5, 0.6) is 0 Å². The molecule has 5 N–H and O–H groups in total. The van der Waals surface area contributed by atoms with Gasteiger partial charge in [0.25, 0.3) is 5.56 Å². The molecule has 1 rings (SSSR count). The summed E-state index contributed by atoms with van der Waals surface area (Å²) in [6.07, 6.45) is 4.99. The zero-order valence-electron chi connectivity index (χ0n) is 9.25. The lowest BCUT2D eigenvalue weighted by atomic mass is 10.2. The molecule has 1 heterocycles. The lowest BCUT2D eigenvalue weighted by Crippen LogP contribution is -2.27. The number of rotatable bonds is 5. The largest absolute Gasteiger partial charge is 0.383 e. The Hall–Kier alpha value is -2.50. The quantitative estimate of drug-likeness (QED) is 0.552. The first-order valence-electron chi connectivity index (χ1n) is 4.88. The van der Waals surface area contributed by atoms with Crippen molar-refractivity contribution >= 4 is 11.5 Å². The minimum Gasteiger partial charge on any atom is -0.383 e. The van der Waals surface area contributed by atoms with Crippen LogP contribution in [0.2, 0.25) is 0 Å². The SMILES string of the molecule is C=C/C=C(\C=C)CNc1c(N)[nH]c(=O)[nH]c1=O. The number of nitrogen functional groups attached to an aromatic ring is 1. The van der Waals surface area contributed by atoms with Crippen LogP contribution >= 0.6 is 0 Å². The molecule has 1 aromatic heterocycles. The van der Waals surface area contributed by atoms with Gasteiger partial charge in [-0.2, -0.15) is 0 Å². The summed E-state index contributed by atoms with van der Waals surface area (Å²) in [6.45, 7) is 7.53. The molecule has 0 amide bonds. The molecule has 0 unspecified atom stereocenters. The van der Waals surface area contributed by atoms with Gasteiger partial charge in [-0.05, 0) is 5.57 Å². The summed E-state index contributed by atoms with van der Waals surface area (Å²) in [6, 6.07) is 0. The van der Waals surface area contributed by atoms with Crippen molar-refractivity contribution < 1.29 is 0 Å².